The largest absolute Gasteiger partial charge is 0.344 e. The molecule has 0 unspecified atom stereocenters. The van der Waals surface area contributed by atoms with Gasteiger partial charge < -0.3 is 19.5 Å². The fourth-order valence-corrected chi connectivity index (χ4v) is 6.10. The number of imidazole rings is 1. The molecule has 0 saturated carbocycles. The number of carbonyl (C=O) groups is 3. The minimum Gasteiger partial charge on any atom is -0.344 e. The standard InChI is InChI=1S/C38H46FN5O3/c1-6-26(2)35(45)41-34(38(3,4)5)37(47)44-21-10-13-31(44)24-42(22-20-27-14-17-30(39)18-15-27)36(46)32-25-43-23-29(16-19-33(43)40-32)28-11-8-7-9-12-28/h7-9,11-12,14-19,23,25-26,31,34H,6,10,13,20-22,24H2,1-5H3,(H,41,45)/t26-,31+,34-/m1/s1. The van der Waals surface area contributed by atoms with Crippen molar-refractivity contribution in [3.05, 3.63) is 96.2 Å². The summed E-state index contributed by atoms with van der Waals surface area (Å²) in [5.74, 6) is -0.988. The predicted octanol–water partition coefficient (Wildman–Crippen LogP) is 6.39. The third-order valence-corrected chi connectivity index (χ3v) is 9.20. The van der Waals surface area contributed by atoms with Gasteiger partial charge in [0.2, 0.25) is 11.8 Å². The molecule has 47 heavy (non-hydrogen) atoms. The van der Waals surface area contributed by atoms with Crippen molar-refractivity contribution in [3.63, 3.8) is 0 Å². The number of hydrogen-bond acceptors (Lipinski definition) is 4. The van der Waals surface area contributed by atoms with Gasteiger partial charge >= 0.3 is 0 Å². The van der Waals surface area contributed by atoms with Crippen LogP contribution in [0, 0.1) is 17.2 Å². The molecule has 3 atom stereocenters. The van der Waals surface area contributed by atoms with Gasteiger partial charge in [-0.3, -0.25) is 14.4 Å². The Kier molecular flexibility index (Phi) is 10.4. The zero-order valence-electron chi connectivity index (χ0n) is 28.1. The molecular weight excluding hydrogens is 593 g/mol. The first-order chi connectivity index (χ1) is 22.4. The minimum absolute atomic E-state index is 0.122. The second-order valence-corrected chi connectivity index (χ2v) is 13.7. The topological polar surface area (TPSA) is 87.0 Å². The van der Waals surface area contributed by atoms with Crippen LogP contribution in [0.15, 0.2) is 79.1 Å². The van der Waals surface area contributed by atoms with E-state index in [-0.39, 0.29) is 35.5 Å². The number of nitrogens with one attached hydrogen (secondary N) is 1. The number of aromatic nitrogens is 2. The summed E-state index contributed by atoms with van der Waals surface area (Å²) in [5.41, 5.74) is 3.47. The second kappa shape index (κ2) is 14.5. The molecular formula is C38H46FN5O3. The lowest BCUT2D eigenvalue weighted by Crippen LogP contribution is -2.57. The van der Waals surface area contributed by atoms with E-state index in [0.717, 1.165) is 29.5 Å². The first-order valence-corrected chi connectivity index (χ1v) is 16.6. The molecule has 9 heteroatoms. The molecule has 0 radical (unpaired) electrons. The average Bonchev–Trinajstić information content (AvgIpc) is 3.72. The van der Waals surface area contributed by atoms with Crippen molar-refractivity contribution in [1.82, 2.24) is 24.5 Å². The number of rotatable bonds is 11. The zero-order chi connectivity index (χ0) is 33.7. The molecule has 2 aromatic carbocycles. The van der Waals surface area contributed by atoms with E-state index in [2.05, 4.69) is 10.3 Å². The van der Waals surface area contributed by atoms with Crippen molar-refractivity contribution in [3.8, 4) is 11.1 Å². The minimum atomic E-state index is -0.690. The fourth-order valence-electron chi connectivity index (χ4n) is 6.10. The van der Waals surface area contributed by atoms with E-state index in [1.807, 2.05) is 92.6 Å². The Balaban J connectivity index is 1.40. The van der Waals surface area contributed by atoms with Crippen molar-refractivity contribution in [2.75, 3.05) is 19.6 Å². The Hall–Kier alpha value is -4.53. The molecule has 248 valence electrons. The number of benzene rings is 2. The first-order valence-electron chi connectivity index (χ1n) is 16.6. The second-order valence-electron chi connectivity index (χ2n) is 13.7. The van der Waals surface area contributed by atoms with Gasteiger partial charge in [0, 0.05) is 44.0 Å². The average molecular weight is 640 g/mol. The predicted molar refractivity (Wildman–Crippen MR) is 182 cm³/mol. The summed E-state index contributed by atoms with van der Waals surface area (Å²) in [4.78, 5) is 49.5. The Morgan fingerprint density at radius 3 is 2.40 bits per heavy atom. The van der Waals surface area contributed by atoms with E-state index in [0.29, 0.717) is 43.8 Å². The van der Waals surface area contributed by atoms with E-state index in [9.17, 15) is 18.8 Å². The number of amides is 3. The van der Waals surface area contributed by atoms with Crippen molar-refractivity contribution in [2.24, 2.45) is 11.3 Å². The van der Waals surface area contributed by atoms with Crippen LogP contribution in [-0.4, -0.2) is 68.6 Å². The van der Waals surface area contributed by atoms with E-state index in [1.54, 1.807) is 23.2 Å². The van der Waals surface area contributed by atoms with Crippen molar-refractivity contribution in [1.29, 1.82) is 0 Å². The number of carbonyl (C=O) groups excluding carboxylic acids is 3. The molecule has 4 aromatic rings. The fraction of sp³-hybridized carbons (Fsp3) is 0.421. The summed E-state index contributed by atoms with van der Waals surface area (Å²) in [5, 5.41) is 3.04. The van der Waals surface area contributed by atoms with Crippen molar-refractivity contribution < 1.29 is 18.8 Å². The Morgan fingerprint density at radius 1 is 1.00 bits per heavy atom. The van der Waals surface area contributed by atoms with Gasteiger partial charge in [-0.2, -0.15) is 0 Å². The maximum absolute atomic E-state index is 14.2. The molecule has 0 aliphatic carbocycles. The molecule has 2 aromatic heterocycles. The van der Waals surface area contributed by atoms with Crippen LogP contribution in [0.25, 0.3) is 16.8 Å². The van der Waals surface area contributed by atoms with Crippen LogP contribution in [0.1, 0.15) is 69.9 Å². The van der Waals surface area contributed by atoms with Crippen molar-refractivity contribution in [2.45, 2.75) is 72.4 Å². The molecule has 1 saturated heterocycles. The number of hydrogen-bond donors (Lipinski definition) is 1. The summed E-state index contributed by atoms with van der Waals surface area (Å²) in [6, 6.07) is 19.3. The SMILES string of the molecule is CC[C@@H](C)C(=O)N[C@H](C(=O)N1CCC[C@H]1CN(CCc1ccc(F)cc1)C(=O)c1cn2cc(-c3ccccc3)ccc2n1)C(C)(C)C. The summed E-state index contributed by atoms with van der Waals surface area (Å²) in [7, 11) is 0. The third kappa shape index (κ3) is 8.07. The van der Waals surface area contributed by atoms with Crippen LogP contribution in [-0.2, 0) is 16.0 Å². The van der Waals surface area contributed by atoms with Crippen LogP contribution in [0.2, 0.25) is 0 Å². The summed E-state index contributed by atoms with van der Waals surface area (Å²) >= 11 is 0. The van der Waals surface area contributed by atoms with Crippen molar-refractivity contribution >= 4 is 23.4 Å². The number of pyridine rings is 1. The maximum atomic E-state index is 14.2. The van der Waals surface area contributed by atoms with Crippen LogP contribution in [0.3, 0.4) is 0 Å². The van der Waals surface area contributed by atoms with Crippen LogP contribution >= 0.6 is 0 Å². The highest BCUT2D eigenvalue weighted by molar-refractivity contribution is 5.93. The van der Waals surface area contributed by atoms with E-state index in [4.69, 9.17) is 0 Å². The summed E-state index contributed by atoms with van der Waals surface area (Å²) < 4.78 is 15.5. The van der Waals surface area contributed by atoms with Crippen LogP contribution < -0.4 is 5.32 Å². The smallest absolute Gasteiger partial charge is 0.274 e. The normalized spacial score (nSPS) is 16.2. The number of fused-ring (bicyclic) bond motifs is 1. The lowest BCUT2D eigenvalue weighted by atomic mass is 9.85. The monoisotopic (exact) mass is 639 g/mol. The van der Waals surface area contributed by atoms with E-state index in [1.165, 1.54) is 12.1 Å². The van der Waals surface area contributed by atoms with Gasteiger partial charge in [0.25, 0.3) is 5.91 Å². The number of nitrogens with zero attached hydrogens (tertiary/aromatic N) is 4. The molecule has 3 amide bonds. The molecule has 1 aliphatic heterocycles. The van der Waals surface area contributed by atoms with E-state index < -0.39 is 11.5 Å². The Bertz CT molecular complexity index is 1700. The van der Waals surface area contributed by atoms with Gasteiger partial charge in [-0.25, -0.2) is 9.37 Å². The van der Waals surface area contributed by atoms with E-state index >= 15 is 0 Å². The van der Waals surface area contributed by atoms with Gasteiger partial charge in [0.1, 0.15) is 23.2 Å². The van der Waals surface area contributed by atoms with Crippen LogP contribution in [0.5, 0.6) is 0 Å². The molecule has 0 spiro atoms. The highest BCUT2D eigenvalue weighted by Gasteiger charge is 2.41. The Morgan fingerprint density at radius 2 is 1.72 bits per heavy atom. The Labute approximate surface area is 277 Å². The van der Waals surface area contributed by atoms with Gasteiger partial charge in [-0.15, -0.1) is 0 Å². The quantitative estimate of drug-likeness (QED) is 0.206. The molecule has 5 rings (SSSR count). The van der Waals surface area contributed by atoms with Gasteiger partial charge in [-0.1, -0.05) is 77.1 Å². The van der Waals surface area contributed by atoms with Gasteiger partial charge in [0.05, 0.1) is 0 Å². The molecule has 1 fully saturated rings. The maximum Gasteiger partial charge on any atom is 0.274 e. The molecule has 3 heterocycles. The molecule has 0 bridgehead atoms. The zero-order valence-corrected chi connectivity index (χ0v) is 28.1. The molecule has 1 aliphatic rings. The van der Waals surface area contributed by atoms with Gasteiger partial charge in [0.15, 0.2) is 0 Å². The molecule has 8 nitrogen and oxygen atoms in total. The summed E-state index contributed by atoms with van der Waals surface area (Å²) in [6.45, 7) is 11.0. The summed E-state index contributed by atoms with van der Waals surface area (Å²) in [6.07, 6.45) is 6.48. The lowest BCUT2D eigenvalue weighted by Gasteiger charge is -2.37. The first kappa shape index (κ1) is 33.8. The number of halogens is 1. The number of likely N-dealkylation sites (tertiary alicyclic amines) is 1. The third-order valence-electron chi connectivity index (χ3n) is 9.20. The molecule has 1 N–H and O–H groups in total. The van der Waals surface area contributed by atoms with Crippen LogP contribution in [0.4, 0.5) is 4.39 Å². The highest BCUT2D eigenvalue weighted by atomic mass is 19.1. The van der Waals surface area contributed by atoms with Gasteiger partial charge in [-0.05, 0) is 72.1 Å². The lowest BCUT2D eigenvalue weighted by molar-refractivity contribution is -0.141. The highest BCUT2D eigenvalue weighted by Crippen LogP contribution is 2.27.